The molecule has 4 nitrogen and oxygen atoms in total. The van der Waals surface area contributed by atoms with Gasteiger partial charge in [-0.25, -0.2) is 0 Å². The third-order valence-corrected chi connectivity index (χ3v) is 8.59. The fourth-order valence-electron chi connectivity index (χ4n) is 6.47. The second-order valence-corrected chi connectivity index (χ2v) is 11.8. The average Bonchev–Trinajstić information content (AvgIpc) is 3.85. The van der Waals surface area contributed by atoms with Gasteiger partial charge < -0.3 is 18.9 Å². The predicted octanol–water partition coefficient (Wildman–Crippen LogP) is 7.15. The van der Waals surface area contributed by atoms with Gasteiger partial charge in [-0.3, -0.25) is 0 Å². The molecule has 3 unspecified atom stereocenters. The molecule has 40 heavy (non-hydrogen) atoms. The second kappa shape index (κ2) is 9.50. The van der Waals surface area contributed by atoms with Crippen LogP contribution in [0.2, 0.25) is 0 Å². The Labute approximate surface area is 236 Å². The highest BCUT2D eigenvalue weighted by molar-refractivity contribution is 5.87. The van der Waals surface area contributed by atoms with Gasteiger partial charge in [0.1, 0.15) is 36.9 Å². The number of benzene rings is 4. The van der Waals surface area contributed by atoms with Gasteiger partial charge >= 0.3 is 0 Å². The molecule has 0 amide bonds. The number of ether oxygens (including phenoxy) is 4. The van der Waals surface area contributed by atoms with Crippen LogP contribution in [-0.2, 0) is 14.9 Å². The molecule has 2 heterocycles. The molecule has 1 aliphatic carbocycles. The van der Waals surface area contributed by atoms with Crippen molar-refractivity contribution in [2.75, 3.05) is 26.4 Å². The van der Waals surface area contributed by atoms with Gasteiger partial charge in [0.05, 0.1) is 18.6 Å². The van der Waals surface area contributed by atoms with E-state index in [-0.39, 0.29) is 12.2 Å². The number of hydrogen-bond donors (Lipinski definition) is 0. The zero-order valence-corrected chi connectivity index (χ0v) is 24.0. The smallest absolute Gasteiger partial charge is 0.125 e. The van der Waals surface area contributed by atoms with Crippen molar-refractivity contribution < 1.29 is 18.9 Å². The maximum atomic E-state index is 6.26. The molecule has 4 aromatic rings. The molecular formula is C36H36O4. The topological polar surface area (TPSA) is 43.5 Å². The molecule has 0 saturated carbocycles. The number of hydrogen-bond acceptors (Lipinski definition) is 4. The van der Waals surface area contributed by atoms with Crippen LogP contribution >= 0.6 is 0 Å². The summed E-state index contributed by atoms with van der Waals surface area (Å²) in [5, 5.41) is 0. The molecule has 0 aromatic heterocycles. The fourth-order valence-corrected chi connectivity index (χ4v) is 6.47. The standard InChI is InChI=1S/C36H36O4/c1-21-7-10-32-31(12-21)30-9-6-22(2)13-33(30)36(32,26-8-11-34(23(3)14-26)39-19-28-17-37-28)27-15-24(4)35(25(5)16-27)40-20-29-18-38-29/h6-16,28-29H,17-20H2,1-5H3. The number of epoxide rings is 2. The van der Waals surface area contributed by atoms with Crippen LogP contribution < -0.4 is 9.47 Å². The second-order valence-electron chi connectivity index (χ2n) is 11.8. The summed E-state index contributed by atoms with van der Waals surface area (Å²) < 4.78 is 23.2. The zero-order chi connectivity index (χ0) is 27.6. The van der Waals surface area contributed by atoms with Gasteiger partial charge in [0.15, 0.2) is 0 Å². The summed E-state index contributed by atoms with van der Waals surface area (Å²) in [4.78, 5) is 0. The fraction of sp³-hybridized carbons (Fsp3) is 0.333. The first-order valence-corrected chi connectivity index (χ1v) is 14.3. The highest BCUT2D eigenvalue weighted by Gasteiger charge is 2.47. The van der Waals surface area contributed by atoms with Gasteiger partial charge in [-0.1, -0.05) is 71.8 Å². The molecule has 4 heteroatoms. The van der Waals surface area contributed by atoms with Crippen LogP contribution in [0.25, 0.3) is 11.1 Å². The van der Waals surface area contributed by atoms with Gasteiger partial charge in [0.2, 0.25) is 0 Å². The van der Waals surface area contributed by atoms with Crippen LogP contribution in [0.3, 0.4) is 0 Å². The molecular weight excluding hydrogens is 496 g/mol. The maximum Gasteiger partial charge on any atom is 0.125 e. The molecule has 0 radical (unpaired) electrons. The molecule has 3 aliphatic rings. The quantitative estimate of drug-likeness (QED) is 0.199. The predicted molar refractivity (Wildman–Crippen MR) is 158 cm³/mol. The van der Waals surface area contributed by atoms with Crippen LogP contribution in [0, 0.1) is 34.6 Å². The lowest BCUT2D eigenvalue weighted by Gasteiger charge is -2.35. The molecule has 7 rings (SSSR count). The van der Waals surface area contributed by atoms with Gasteiger partial charge in [-0.2, -0.15) is 0 Å². The molecule has 0 bridgehead atoms. The van der Waals surface area contributed by atoms with Crippen LogP contribution in [0.1, 0.15) is 50.1 Å². The zero-order valence-electron chi connectivity index (χ0n) is 24.0. The van der Waals surface area contributed by atoms with Gasteiger partial charge in [0.25, 0.3) is 0 Å². The van der Waals surface area contributed by atoms with Crippen LogP contribution in [-0.4, -0.2) is 38.6 Å². The van der Waals surface area contributed by atoms with Crippen LogP contribution in [0.15, 0.2) is 66.7 Å². The first-order valence-electron chi connectivity index (χ1n) is 14.3. The third-order valence-electron chi connectivity index (χ3n) is 8.59. The van der Waals surface area contributed by atoms with E-state index in [2.05, 4.69) is 101 Å². The van der Waals surface area contributed by atoms with E-state index in [4.69, 9.17) is 18.9 Å². The molecule has 0 spiro atoms. The Morgan fingerprint density at radius 3 is 1.93 bits per heavy atom. The highest BCUT2D eigenvalue weighted by Crippen LogP contribution is 2.57. The minimum absolute atomic E-state index is 0.222. The molecule has 4 aromatic carbocycles. The van der Waals surface area contributed by atoms with Gasteiger partial charge in [-0.05, 0) is 90.8 Å². The Bertz CT molecular complexity index is 1610. The summed E-state index contributed by atoms with van der Waals surface area (Å²) in [7, 11) is 0. The molecule has 3 atom stereocenters. The summed E-state index contributed by atoms with van der Waals surface area (Å²) in [6, 6.07) is 25.2. The summed E-state index contributed by atoms with van der Waals surface area (Å²) in [6.07, 6.45) is 0.447. The van der Waals surface area contributed by atoms with Crippen molar-refractivity contribution in [1.82, 2.24) is 0 Å². The summed E-state index contributed by atoms with van der Waals surface area (Å²) in [6.45, 7) is 13.6. The van der Waals surface area contributed by atoms with Gasteiger partial charge in [-0.15, -0.1) is 0 Å². The minimum atomic E-state index is -0.471. The highest BCUT2D eigenvalue weighted by atomic mass is 16.6. The van der Waals surface area contributed by atoms with E-state index in [1.165, 1.54) is 44.5 Å². The normalized spacial score (nSPS) is 22.0. The minimum Gasteiger partial charge on any atom is -0.491 e. The number of rotatable bonds is 8. The number of fused-ring (bicyclic) bond motifs is 3. The Morgan fingerprint density at radius 2 is 1.25 bits per heavy atom. The van der Waals surface area contributed by atoms with E-state index in [1.807, 2.05) is 0 Å². The van der Waals surface area contributed by atoms with E-state index in [9.17, 15) is 0 Å². The SMILES string of the molecule is Cc1ccc2c(c1)-c1ccc(C)cc1C2(c1ccc(OCC2CO2)c(C)c1)c1cc(C)c(OCC2CO2)c(C)c1. The average molecular weight is 533 g/mol. The first kappa shape index (κ1) is 25.4. The van der Waals surface area contributed by atoms with E-state index in [0.717, 1.165) is 41.4 Å². The monoisotopic (exact) mass is 532 g/mol. The largest absolute Gasteiger partial charge is 0.491 e. The molecule has 2 fully saturated rings. The summed E-state index contributed by atoms with van der Waals surface area (Å²) in [5.74, 6) is 1.88. The van der Waals surface area contributed by atoms with Crippen molar-refractivity contribution >= 4 is 0 Å². The third kappa shape index (κ3) is 4.22. The Morgan fingerprint density at radius 1 is 0.625 bits per heavy atom. The summed E-state index contributed by atoms with van der Waals surface area (Å²) in [5.41, 5.74) is 13.2. The summed E-state index contributed by atoms with van der Waals surface area (Å²) >= 11 is 0. The Balaban J connectivity index is 1.46. The van der Waals surface area contributed by atoms with Crippen molar-refractivity contribution in [3.05, 3.63) is 117 Å². The molecule has 0 N–H and O–H groups in total. The van der Waals surface area contributed by atoms with Crippen molar-refractivity contribution in [3.8, 4) is 22.6 Å². The number of aryl methyl sites for hydroxylation is 5. The maximum absolute atomic E-state index is 6.26. The van der Waals surface area contributed by atoms with E-state index in [1.54, 1.807) is 0 Å². The van der Waals surface area contributed by atoms with Crippen LogP contribution in [0.4, 0.5) is 0 Å². The Hall–Kier alpha value is -3.60. The van der Waals surface area contributed by atoms with Gasteiger partial charge in [0, 0.05) is 0 Å². The van der Waals surface area contributed by atoms with E-state index < -0.39 is 5.41 Å². The molecule has 204 valence electrons. The van der Waals surface area contributed by atoms with E-state index in [0.29, 0.717) is 13.2 Å². The first-order chi connectivity index (χ1) is 19.3. The van der Waals surface area contributed by atoms with E-state index >= 15 is 0 Å². The van der Waals surface area contributed by atoms with Crippen molar-refractivity contribution in [3.63, 3.8) is 0 Å². The van der Waals surface area contributed by atoms with Crippen molar-refractivity contribution in [2.45, 2.75) is 52.2 Å². The lowest BCUT2D eigenvalue weighted by Crippen LogP contribution is -2.29. The Kier molecular flexibility index (Phi) is 6.03. The van der Waals surface area contributed by atoms with Crippen molar-refractivity contribution in [1.29, 1.82) is 0 Å². The lowest BCUT2D eigenvalue weighted by molar-refractivity contribution is 0.260. The molecule has 2 aliphatic heterocycles. The van der Waals surface area contributed by atoms with Crippen molar-refractivity contribution in [2.24, 2.45) is 0 Å². The lowest BCUT2D eigenvalue weighted by atomic mass is 9.66. The molecule has 2 saturated heterocycles. The van der Waals surface area contributed by atoms with Crippen LogP contribution in [0.5, 0.6) is 11.5 Å².